The van der Waals surface area contributed by atoms with Crippen LogP contribution in [0, 0.1) is 11.6 Å². The van der Waals surface area contributed by atoms with Crippen molar-refractivity contribution in [3.8, 4) is 16.9 Å². The van der Waals surface area contributed by atoms with Gasteiger partial charge in [-0.2, -0.15) is 0 Å². The molecular weight excluding hydrogens is 358 g/mol. The maximum absolute atomic E-state index is 14.2. The predicted octanol–water partition coefficient (Wildman–Crippen LogP) is 4.07. The molecule has 0 saturated carbocycles. The van der Waals surface area contributed by atoms with E-state index in [1.54, 1.807) is 6.92 Å². The second kappa shape index (κ2) is 7.57. The van der Waals surface area contributed by atoms with Crippen molar-refractivity contribution in [1.82, 2.24) is 0 Å². The molecule has 7 heteroatoms. The highest BCUT2D eigenvalue weighted by atomic mass is 19.1. The summed E-state index contributed by atoms with van der Waals surface area (Å²) in [6.45, 7) is 3.42. The van der Waals surface area contributed by atoms with Gasteiger partial charge in [0.15, 0.2) is 6.10 Å². The van der Waals surface area contributed by atoms with Gasteiger partial charge in [0.05, 0.1) is 12.2 Å². The molecule has 0 radical (unpaired) electrons. The molecule has 0 N–H and O–H groups in total. The first-order chi connectivity index (χ1) is 12.9. The number of carbonyl (C=O) groups excluding carboxylic acids is 1. The molecule has 5 nitrogen and oxygen atoms in total. The lowest BCUT2D eigenvalue weighted by molar-refractivity contribution is -0.150. The smallest absolute Gasteiger partial charge is 0.347 e. The minimum Gasteiger partial charge on any atom is -0.479 e. The highest BCUT2D eigenvalue weighted by Crippen LogP contribution is 2.33. The van der Waals surface area contributed by atoms with Gasteiger partial charge < -0.3 is 13.9 Å². The molecule has 27 heavy (non-hydrogen) atoms. The van der Waals surface area contributed by atoms with Gasteiger partial charge in [-0.15, -0.1) is 0 Å². The predicted molar refractivity (Wildman–Crippen MR) is 94.6 cm³/mol. The Morgan fingerprint density at radius 3 is 2.52 bits per heavy atom. The highest BCUT2D eigenvalue weighted by molar-refractivity contribution is 5.94. The second-order valence-corrected chi connectivity index (χ2v) is 5.75. The largest absolute Gasteiger partial charge is 0.479 e. The van der Waals surface area contributed by atoms with Crippen molar-refractivity contribution in [2.75, 3.05) is 6.61 Å². The maximum Gasteiger partial charge on any atom is 0.347 e. The highest BCUT2D eigenvalue weighted by Gasteiger charge is 2.19. The number of halogens is 2. The summed E-state index contributed by atoms with van der Waals surface area (Å²) in [6.07, 6.45) is -0.874. The number of fused-ring (bicyclic) bond motifs is 1. The van der Waals surface area contributed by atoms with Crippen LogP contribution in [0.2, 0.25) is 0 Å². The molecule has 0 aliphatic rings. The monoisotopic (exact) mass is 374 g/mol. The van der Waals surface area contributed by atoms with Crippen LogP contribution < -0.4 is 10.4 Å². The molecule has 0 saturated heterocycles. The molecule has 0 fully saturated rings. The van der Waals surface area contributed by atoms with E-state index in [1.165, 1.54) is 31.2 Å². The van der Waals surface area contributed by atoms with E-state index in [1.807, 2.05) is 0 Å². The van der Waals surface area contributed by atoms with Crippen molar-refractivity contribution in [2.45, 2.75) is 20.0 Å². The van der Waals surface area contributed by atoms with E-state index in [4.69, 9.17) is 13.9 Å². The molecule has 0 spiro atoms. The first kappa shape index (κ1) is 18.6. The van der Waals surface area contributed by atoms with Crippen LogP contribution in [0.3, 0.4) is 0 Å². The number of hydrogen-bond acceptors (Lipinski definition) is 5. The second-order valence-electron chi connectivity index (χ2n) is 5.75. The van der Waals surface area contributed by atoms with Crippen LogP contribution >= 0.6 is 0 Å². The van der Waals surface area contributed by atoms with Gasteiger partial charge in [-0.1, -0.05) is 6.07 Å². The van der Waals surface area contributed by atoms with Gasteiger partial charge in [0.1, 0.15) is 23.0 Å². The molecule has 140 valence electrons. The van der Waals surface area contributed by atoms with Crippen molar-refractivity contribution >= 4 is 16.9 Å². The topological polar surface area (TPSA) is 65.7 Å². The van der Waals surface area contributed by atoms with Crippen LogP contribution in [0.5, 0.6) is 5.75 Å². The molecule has 2 aromatic carbocycles. The zero-order valence-electron chi connectivity index (χ0n) is 14.6. The SMILES string of the molecule is CCOC(=O)C(C)Oc1ccc2c(-c3c(F)cccc3F)cc(=O)oc2c1. The van der Waals surface area contributed by atoms with Crippen LogP contribution in [0.1, 0.15) is 13.8 Å². The first-order valence-corrected chi connectivity index (χ1v) is 8.26. The molecule has 0 aliphatic carbocycles. The lowest BCUT2D eigenvalue weighted by Crippen LogP contribution is -2.26. The van der Waals surface area contributed by atoms with E-state index >= 15 is 0 Å². The van der Waals surface area contributed by atoms with E-state index in [0.717, 1.165) is 18.2 Å². The zero-order chi connectivity index (χ0) is 19.6. The van der Waals surface area contributed by atoms with Gasteiger partial charge in [0.25, 0.3) is 0 Å². The molecule has 1 atom stereocenters. The molecule has 3 aromatic rings. The van der Waals surface area contributed by atoms with E-state index in [-0.39, 0.29) is 29.1 Å². The Hall–Kier alpha value is -3.22. The Bertz CT molecular complexity index is 1040. The van der Waals surface area contributed by atoms with Crippen molar-refractivity contribution in [3.63, 3.8) is 0 Å². The Kier molecular flexibility index (Phi) is 5.21. The van der Waals surface area contributed by atoms with Crippen LogP contribution in [0.25, 0.3) is 22.1 Å². The molecule has 0 bridgehead atoms. The van der Waals surface area contributed by atoms with Crippen LogP contribution in [0.4, 0.5) is 8.78 Å². The lowest BCUT2D eigenvalue weighted by atomic mass is 10.0. The van der Waals surface area contributed by atoms with E-state index in [9.17, 15) is 18.4 Å². The average molecular weight is 374 g/mol. The van der Waals surface area contributed by atoms with Gasteiger partial charge in [0, 0.05) is 23.1 Å². The van der Waals surface area contributed by atoms with Gasteiger partial charge in [-0.05, 0) is 38.1 Å². The lowest BCUT2D eigenvalue weighted by Gasteiger charge is -2.14. The summed E-state index contributed by atoms with van der Waals surface area (Å²) < 4.78 is 43.8. The summed E-state index contributed by atoms with van der Waals surface area (Å²) in [5, 5.41) is 0.328. The Balaban J connectivity index is 2.07. The summed E-state index contributed by atoms with van der Waals surface area (Å²) in [7, 11) is 0. The van der Waals surface area contributed by atoms with Crippen LogP contribution in [0.15, 0.2) is 51.7 Å². The Morgan fingerprint density at radius 1 is 1.15 bits per heavy atom. The fraction of sp³-hybridized carbons (Fsp3) is 0.200. The van der Waals surface area contributed by atoms with Gasteiger partial charge >= 0.3 is 11.6 Å². The van der Waals surface area contributed by atoms with E-state index in [2.05, 4.69) is 0 Å². The standard InChI is InChI=1S/C20H16F2O5/c1-3-25-20(24)11(2)26-12-7-8-13-14(10-18(23)27-17(13)9-12)19-15(21)5-4-6-16(19)22/h4-11H,3H2,1-2H3. The molecular formula is C20H16F2O5. The van der Waals surface area contributed by atoms with Gasteiger partial charge in [0.2, 0.25) is 0 Å². The van der Waals surface area contributed by atoms with E-state index < -0.39 is 29.3 Å². The summed E-state index contributed by atoms with van der Waals surface area (Å²) in [5.41, 5.74) is -0.935. The number of benzene rings is 2. The Morgan fingerprint density at radius 2 is 1.85 bits per heavy atom. The van der Waals surface area contributed by atoms with Crippen molar-refractivity contribution in [2.24, 2.45) is 0 Å². The minimum absolute atomic E-state index is 0.0711. The summed E-state index contributed by atoms with van der Waals surface area (Å²) in [5.74, 6) is -1.88. The van der Waals surface area contributed by atoms with Crippen LogP contribution in [-0.2, 0) is 9.53 Å². The molecule has 3 rings (SSSR count). The van der Waals surface area contributed by atoms with Gasteiger partial charge in [-0.25, -0.2) is 18.4 Å². The summed E-state index contributed by atoms with van der Waals surface area (Å²) in [4.78, 5) is 23.6. The number of esters is 1. The average Bonchev–Trinajstić information content (AvgIpc) is 2.61. The third-order valence-electron chi connectivity index (χ3n) is 3.88. The maximum atomic E-state index is 14.2. The summed E-state index contributed by atoms with van der Waals surface area (Å²) in [6, 6.07) is 8.90. The number of rotatable bonds is 5. The van der Waals surface area contributed by atoms with Crippen LogP contribution in [-0.4, -0.2) is 18.7 Å². The third-order valence-corrected chi connectivity index (χ3v) is 3.88. The third kappa shape index (κ3) is 3.81. The van der Waals surface area contributed by atoms with Crippen molar-refractivity contribution in [1.29, 1.82) is 0 Å². The van der Waals surface area contributed by atoms with Crippen molar-refractivity contribution < 1.29 is 27.5 Å². The molecule has 0 amide bonds. The normalized spacial score (nSPS) is 12.0. The minimum atomic E-state index is -0.874. The molecule has 1 heterocycles. The van der Waals surface area contributed by atoms with Crippen molar-refractivity contribution in [3.05, 3.63) is 64.5 Å². The fourth-order valence-electron chi connectivity index (χ4n) is 2.69. The van der Waals surface area contributed by atoms with Gasteiger partial charge in [-0.3, -0.25) is 0 Å². The summed E-state index contributed by atoms with van der Waals surface area (Å²) >= 11 is 0. The zero-order valence-corrected chi connectivity index (χ0v) is 14.6. The number of ether oxygens (including phenoxy) is 2. The fourth-order valence-corrected chi connectivity index (χ4v) is 2.69. The number of carbonyl (C=O) groups is 1. The molecule has 1 unspecified atom stereocenters. The Labute approximate surface area is 153 Å². The number of hydrogen-bond donors (Lipinski definition) is 0. The quantitative estimate of drug-likeness (QED) is 0.498. The van der Waals surface area contributed by atoms with E-state index in [0.29, 0.717) is 5.39 Å². The first-order valence-electron chi connectivity index (χ1n) is 8.26. The molecule has 1 aromatic heterocycles. The molecule has 0 aliphatic heterocycles.